The Bertz CT molecular complexity index is 730. The van der Waals surface area contributed by atoms with E-state index in [1.54, 1.807) is 43.5 Å². The van der Waals surface area contributed by atoms with Gasteiger partial charge in [-0.1, -0.05) is 35.9 Å². The number of amides is 1. The summed E-state index contributed by atoms with van der Waals surface area (Å²) in [4.78, 5) is 23.9. The minimum absolute atomic E-state index is 0.238. The highest BCUT2D eigenvalue weighted by Gasteiger charge is 2.13. The molecule has 0 aliphatic rings. The molecule has 0 spiro atoms. The number of carbonyl (C=O) groups is 2. The molecule has 0 heterocycles. The average molecular weight is 362 g/mol. The Morgan fingerprint density at radius 2 is 1.88 bits per heavy atom. The van der Waals surface area contributed by atoms with E-state index in [-0.39, 0.29) is 18.6 Å². The van der Waals surface area contributed by atoms with Gasteiger partial charge in [0.05, 0.1) is 18.2 Å². The lowest BCUT2D eigenvalue weighted by atomic mass is 10.1. The third kappa shape index (κ3) is 5.89. The zero-order valence-electron chi connectivity index (χ0n) is 14.1. The number of nitrogens with one attached hydrogen (secondary N) is 1. The van der Waals surface area contributed by atoms with E-state index in [0.717, 1.165) is 11.1 Å². The Labute approximate surface area is 151 Å². The molecular weight excluding hydrogens is 342 g/mol. The van der Waals surface area contributed by atoms with Crippen LogP contribution < -0.4 is 5.32 Å². The number of rotatable bonds is 7. The number of methoxy groups -OCH3 is 1. The lowest BCUT2D eigenvalue weighted by Gasteiger charge is -2.14. The van der Waals surface area contributed by atoms with Gasteiger partial charge in [-0.2, -0.15) is 0 Å². The summed E-state index contributed by atoms with van der Waals surface area (Å²) in [7, 11) is 1.60. The molecule has 1 amide bonds. The first-order valence-corrected chi connectivity index (χ1v) is 8.17. The predicted octanol–water partition coefficient (Wildman–Crippen LogP) is 3.52. The largest absolute Gasteiger partial charge is 0.452 e. The van der Waals surface area contributed by atoms with E-state index in [9.17, 15) is 9.59 Å². The Kier molecular flexibility index (Phi) is 6.98. The molecule has 1 N–H and O–H groups in total. The van der Waals surface area contributed by atoms with Gasteiger partial charge in [-0.15, -0.1) is 0 Å². The van der Waals surface area contributed by atoms with Gasteiger partial charge >= 0.3 is 5.97 Å². The van der Waals surface area contributed by atoms with Crippen LogP contribution in [0.2, 0.25) is 5.02 Å². The normalized spacial score (nSPS) is 11.6. The van der Waals surface area contributed by atoms with Crippen molar-refractivity contribution in [3.8, 4) is 0 Å². The molecule has 0 bridgehead atoms. The summed E-state index contributed by atoms with van der Waals surface area (Å²) in [6.45, 7) is 1.96. The molecule has 0 aliphatic heterocycles. The van der Waals surface area contributed by atoms with Crippen LogP contribution in [0.15, 0.2) is 48.5 Å². The Hall–Kier alpha value is -2.37. The maximum atomic E-state index is 12.0. The zero-order chi connectivity index (χ0) is 18.2. The van der Waals surface area contributed by atoms with Crippen molar-refractivity contribution in [1.82, 2.24) is 5.32 Å². The topological polar surface area (TPSA) is 64.6 Å². The van der Waals surface area contributed by atoms with Crippen molar-refractivity contribution in [1.29, 1.82) is 0 Å². The number of carbonyl (C=O) groups excluding carboxylic acids is 2. The maximum Gasteiger partial charge on any atom is 0.338 e. The third-order valence-corrected chi connectivity index (χ3v) is 3.80. The van der Waals surface area contributed by atoms with Crippen molar-refractivity contribution in [3.63, 3.8) is 0 Å². The summed E-state index contributed by atoms with van der Waals surface area (Å²) in [5.74, 6) is -0.925. The van der Waals surface area contributed by atoms with Crippen molar-refractivity contribution in [2.45, 2.75) is 19.6 Å². The molecule has 1 atom stereocenters. The molecule has 0 aromatic heterocycles. The van der Waals surface area contributed by atoms with Crippen LogP contribution in [-0.2, 0) is 20.9 Å². The molecule has 0 radical (unpaired) electrons. The van der Waals surface area contributed by atoms with Crippen molar-refractivity contribution in [2.24, 2.45) is 0 Å². The van der Waals surface area contributed by atoms with Crippen LogP contribution in [0.5, 0.6) is 0 Å². The maximum absolute atomic E-state index is 12.0. The first-order chi connectivity index (χ1) is 12.0. The summed E-state index contributed by atoms with van der Waals surface area (Å²) in [5, 5.41) is 3.36. The molecule has 132 valence electrons. The molecule has 0 saturated carbocycles. The van der Waals surface area contributed by atoms with Gasteiger partial charge in [-0.05, 0) is 42.3 Å². The highest BCUT2D eigenvalue weighted by atomic mass is 35.5. The standard InChI is InChI=1S/C19H20ClNO4/c1-13(16-4-3-5-17(20)10-16)21-18(22)12-25-19(23)15-8-6-14(7-9-15)11-24-2/h3-10,13H,11-12H2,1-2H3,(H,21,22)/t13-/m1/s1. The smallest absolute Gasteiger partial charge is 0.338 e. The van der Waals surface area contributed by atoms with Crippen LogP contribution in [0, 0.1) is 0 Å². The summed E-state index contributed by atoms with van der Waals surface area (Å²) in [6, 6.07) is 13.8. The Morgan fingerprint density at radius 3 is 2.52 bits per heavy atom. The van der Waals surface area contributed by atoms with Gasteiger partial charge in [0.2, 0.25) is 0 Å². The van der Waals surface area contributed by atoms with Gasteiger partial charge in [0, 0.05) is 12.1 Å². The van der Waals surface area contributed by atoms with E-state index in [1.165, 1.54) is 0 Å². The Morgan fingerprint density at radius 1 is 1.16 bits per heavy atom. The summed E-state index contributed by atoms with van der Waals surface area (Å²) in [6.07, 6.45) is 0. The SMILES string of the molecule is COCc1ccc(C(=O)OCC(=O)N[C@H](C)c2cccc(Cl)c2)cc1. The summed E-state index contributed by atoms with van der Waals surface area (Å²) in [5.41, 5.74) is 2.21. The molecule has 2 aromatic rings. The second kappa shape index (κ2) is 9.20. The number of benzene rings is 2. The molecule has 5 nitrogen and oxygen atoms in total. The van der Waals surface area contributed by atoms with Gasteiger partial charge in [0.15, 0.2) is 6.61 Å². The highest BCUT2D eigenvalue weighted by Crippen LogP contribution is 2.17. The molecule has 2 aromatic carbocycles. The predicted molar refractivity (Wildman–Crippen MR) is 95.4 cm³/mol. The molecule has 2 rings (SSSR count). The van der Waals surface area contributed by atoms with E-state index in [4.69, 9.17) is 21.1 Å². The minimum Gasteiger partial charge on any atom is -0.452 e. The van der Waals surface area contributed by atoms with Crippen molar-refractivity contribution in [2.75, 3.05) is 13.7 Å². The zero-order valence-corrected chi connectivity index (χ0v) is 14.9. The molecule has 0 aliphatic carbocycles. The summed E-state index contributed by atoms with van der Waals surface area (Å²) >= 11 is 5.94. The van der Waals surface area contributed by atoms with Gasteiger partial charge < -0.3 is 14.8 Å². The summed E-state index contributed by atoms with van der Waals surface area (Å²) < 4.78 is 10.1. The second-order valence-corrected chi connectivity index (χ2v) is 5.99. The fourth-order valence-electron chi connectivity index (χ4n) is 2.26. The van der Waals surface area contributed by atoms with Crippen LogP contribution >= 0.6 is 11.6 Å². The first kappa shape index (κ1) is 19.0. The fourth-order valence-corrected chi connectivity index (χ4v) is 2.46. The van der Waals surface area contributed by atoms with Crippen LogP contribution in [0.4, 0.5) is 0 Å². The van der Waals surface area contributed by atoms with E-state index >= 15 is 0 Å². The number of esters is 1. The van der Waals surface area contributed by atoms with Gasteiger partial charge in [-0.3, -0.25) is 4.79 Å². The molecule has 6 heteroatoms. The molecule has 0 saturated heterocycles. The van der Waals surface area contributed by atoms with E-state index < -0.39 is 5.97 Å². The third-order valence-electron chi connectivity index (χ3n) is 3.56. The van der Waals surface area contributed by atoms with E-state index in [2.05, 4.69) is 5.32 Å². The van der Waals surface area contributed by atoms with Crippen LogP contribution in [0.1, 0.15) is 34.5 Å². The molecular formula is C19H20ClNO4. The van der Waals surface area contributed by atoms with Crippen molar-refractivity contribution in [3.05, 3.63) is 70.2 Å². The number of ether oxygens (including phenoxy) is 2. The van der Waals surface area contributed by atoms with Gasteiger partial charge in [-0.25, -0.2) is 4.79 Å². The van der Waals surface area contributed by atoms with Crippen molar-refractivity contribution < 1.29 is 19.1 Å². The fraction of sp³-hybridized carbons (Fsp3) is 0.263. The second-order valence-electron chi connectivity index (χ2n) is 5.55. The van der Waals surface area contributed by atoms with Gasteiger partial charge in [0.1, 0.15) is 0 Å². The minimum atomic E-state index is -0.547. The number of halogens is 1. The van der Waals surface area contributed by atoms with E-state index in [1.807, 2.05) is 19.1 Å². The van der Waals surface area contributed by atoms with Gasteiger partial charge in [0.25, 0.3) is 5.91 Å². The first-order valence-electron chi connectivity index (χ1n) is 7.79. The van der Waals surface area contributed by atoms with Crippen LogP contribution in [-0.4, -0.2) is 25.6 Å². The molecule has 0 fully saturated rings. The Balaban J connectivity index is 1.83. The monoisotopic (exact) mass is 361 g/mol. The van der Waals surface area contributed by atoms with Crippen LogP contribution in [0.25, 0.3) is 0 Å². The number of hydrogen-bond acceptors (Lipinski definition) is 4. The quantitative estimate of drug-likeness (QED) is 0.766. The highest BCUT2D eigenvalue weighted by molar-refractivity contribution is 6.30. The lowest BCUT2D eigenvalue weighted by Crippen LogP contribution is -2.31. The number of hydrogen-bond donors (Lipinski definition) is 1. The lowest BCUT2D eigenvalue weighted by molar-refractivity contribution is -0.124. The molecule has 0 unspecified atom stereocenters. The molecule has 25 heavy (non-hydrogen) atoms. The van der Waals surface area contributed by atoms with Crippen LogP contribution in [0.3, 0.4) is 0 Å². The van der Waals surface area contributed by atoms with E-state index in [0.29, 0.717) is 17.2 Å². The van der Waals surface area contributed by atoms with Crippen molar-refractivity contribution >= 4 is 23.5 Å². The average Bonchev–Trinajstić information content (AvgIpc) is 2.60.